The fourth-order valence-corrected chi connectivity index (χ4v) is 4.09. The number of halogens is 1. The Kier molecular flexibility index (Phi) is 7.08. The number of hydrogen-bond acceptors (Lipinski definition) is 5. The zero-order valence-corrected chi connectivity index (χ0v) is 18.8. The summed E-state index contributed by atoms with van der Waals surface area (Å²) >= 11 is 0. The molecule has 0 radical (unpaired) electrons. The number of anilines is 2. The first-order valence-electron chi connectivity index (χ1n) is 11.0. The van der Waals surface area contributed by atoms with Crippen molar-refractivity contribution in [3.63, 3.8) is 0 Å². The predicted molar refractivity (Wildman–Crippen MR) is 128 cm³/mol. The zero-order chi connectivity index (χ0) is 24.1. The summed E-state index contributed by atoms with van der Waals surface area (Å²) < 4.78 is 19.4. The standard InChI is InChI=1S/C26H26FN3O4/c1-34-24-9-5-2-6-18(24)17-29-12-14-30(15-13-29)19-10-11-23(21(16-19)26(32)33)28-25(31)20-7-3-4-8-22(20)27/h2-11,16H,12-15,17H2,1H3,(H,28,31)(H,32,33). The van der Waals surface area contributed by atoms with Gasteiger partial charge in [0.15, 0.2) is 0 Å². The second kappa shape index (κ2) is 10.4. The summed E-state index contributed by atoms with van der Waals surface area (Å²) in [7, 11) is 1.67. The lowest BCUT2D eigenvalue weighted by molar-refractivity contribution is 0.0698. The molecule has 0 aliphatic carbocycles. The van der Waals surface area contributed by atoms with Crippen molar-refractivity contribution in [1.82, 2.24) is 4.90 Å². The van der Waals surface area contributed by atoms with E-state index in [1.54, 1.807) is 31.4 Å². The number of nitrogens with one attached hydrogen (secondary N) is 1. The van der Waals surface area contributed by atoms with Gasteiger partial charge in [-0.3, -0.25) is 9.69 Å². The van der Waals surface area contributed by atoms with Crippen LogP contribution in [0, 0.1) is 5.82 Å². The Morgan fingerprint density at radius 1 is 0.971 bits per heavy atom. The summed E-state index contributed by atoms with van der Waals surface area (Å²) in [6, 6.07) is 18.4. The molecule has 34 heavy (non-hydrogen) atoms. The molecule has 7 nitrogen and oxygen atoms in total. The molecule has 0 spiro atoms. The fourth-order valence-electron chi connectivity index (χ4n) is 4.09. The van der Waals surface area contributed by atoms with Crippen LogP contribution in [0.25, 0.3) is 0 Å². The number of methoxy groups -OCH3 is 1. The molecule has 4 rings (SSSR count). The maximum absolute atomic E-state index is 13.9. The fraction of sp³-hybridized carbons (Fsp3) is 0.231. The summed E-state index contributed by atoms with van der Waals surface area (Å²) in [5.74, 6) is -1.66. The first kappa shape index (κ1) is 23.3. The van der Waals surface area contributed by atoms with Crippen LogP contribution in [0.5, 0.6) is 5.75 Å². The Bertz CT molecular complexity index is 1190. The van der Waals surface area contributed by atoms with Crippen LogP contribution in [-0.4, -0.2) is 55.2 Å². The summed E-state index contributed by atoms with van der Waals surface area (Å²) in [4.78, 5) is 28.8. The lowest BCUT2D eigenvalue weighted by Gasteiger charge is -2.36. The van der Waals surface area contributed by atoms with E-state index in [9.17, 15) is 19.1 Å². The normalized spacial score (nSPS) is 14.0. The number of aromatic carboxylic acids is 1. The van der Waals surface area contributed by atoms with E-state index in [4.69, 9.17) is 4.74 Å². The van der Waals surface area contributed by atoms with Crippen LogP contribution < -0.4 is 15.0 Å². The number of para-hydroxylation sites is 1. The lowest BCUT2D eigenvalue weighted by atomic mass is 10.1. The molecule has 1 aliphatic heterocycles. The van der Waals surface area contributed by atoms with Crippen molar-refractivity contribution in [3.05, 3.63) is 89.2 Å². The molecule has 3 aromatic carbocycles. The van der Waals surface area contributed by atoms with Crippen molar-refractivity contribution in [2.45, 2.75) is 6.54 Å². The van der Waals surface area contributed by atoms with E-state index >= 15 is 0 Å². The van der Waals surface area contributed by atoms with Gasteiger partial charge in [0, 0.05) is 44.0 Å². The number of nitrogens with zero attached hydrogens (tertiary/aromatic N) is 2. The topological polar surface area (TPSA) is 82.1 Å². The molecule has 2 N–H and O–H groups in total. The van der Waals surface area contributed by atoms with Crippen LogP contribution in [0.4, 0.5) is 15.8 Å². The third kappa shape index (κ3) is 5.18. The van der Waals surface area contributed by atoms with E-state index in [1.165, 1.54) is 18.2 Å². The first-order valence-corrected chi connectivity index (χ1v) is 11.0. The molecular weight excluding hydrogens is 437 g/mol. The number of benzene rings is 3. The second-order valence-electron chi connectivity index (χ2n) is 8.04. The number of carbonyl (C=O) groups is 2. The molecule has 8 heteroatoms. The number of hydrogen-bond donors (Lipinski definition) is 2. The number of carbonyl (C=O) groups excluding carboxylic acids is 1. The van der Waals surface area contributed by atoms with Gasteiger partial charge in [-0.25, -0.2) is 9.18 Å². The molecule has 1 saturated heterocycles. The highest BCUT2D eigenvalue weighted by molar-refractivity contribution is 6.08. The number of carboxylic acid groups (broad SMARTS) is 1. The van der Waals surface area contributed by atoms with E-state index < -0.39 is 17.7 Å². The summed E-state index contributed by atoms with van der Waals surface area (Å²) in [5.41, 5.74) is 1.83. The Hall–Kier alpha value is -3.91. The van der Waals surface area contributed by atoms with Crippen molar-refractivity contribution in [2.24, 2.45) is 0 Å². The van der Waals surface area contributed by atoms with Crippen LogP contribution in [0.15, 0.2) is 66.7 Å². The summed E-state index contributed by atoms with van der Waals surface area (Å²) in [5, 5.41) is 12.2. The average molecular weight is 464 g/mol. The van der Waals surface area contributed by atoms with Crippen molar-refractivity contribution < 1.29 is 23.8 Å². The Balaban J connectivity index is 1.44. The minimum Gasteiger partial charge on any atom is -0.496 e. The molecule has 0 bridgehead atoms. The highest BCUT2D eigenvalue weighted by Gasteiger charge is 2.21. The first-order chi connectivity index (χ1) is 16.5. The SMILES string of the molecule is COc1ccccc1CN1CCN(c2ccc(NC(=O)c3ccccc3F)c(C(=O)O)c2)CC1. The van der Waals surface area contributed by atoms with Crippen LogP contribution in [0.1, 0.15) is 26.3 Å². The van der Waals surface area contributed by atoms with Gasteiger partial charge in [-0.15, -0.1) is 0 Å². The largest absolute Gasteiger partial charge is 0.496 e. The summed E-state index contributed by atoms with van der Waals surface area (Å²) in [6.07, 6.45) is 0. The van der Waals surface area contributed by atoms with Crippen molar-refractivity contribution in [2.75, 3.05) is 43.5 Å². The molecular formula is C26H26FN3O4. The number of carboxylic acids is 1. The average Bonchev–Trinajstić information content (AvgIpc) is 2.85. The molecule has 0 atom stereocenters. The molecule has 1 amide bonds. The van der Waals surface area contributed by atoms with Gasteiger partial charge in [-0.1, -0.05) is 30.3 Å². The molecule has 1 fully saturated rings. The zero-order valence-electron chi connectivity index (χ0n) is 18.8. The van der Waals surface area contributed by atoms with Gasteiger partial charge in [0.2, 0.25) is 0 Å². The molecule has 0 saturated carbocycles. The molecule has 176 valence electrons. The van der Waals surface area contributed by atoms with Crippen molar-refractivity contribution >= 4 is 23.3 Å². The van der Waals surface area contributed by atoms with Gasteiger partial charge in [-0.2, -0.15) is 0 Å². The number of ether oxygens (including phenoxy) is 1. The van der Waals surface area contributed by atoms with Gasteiger partial charge >= 0.3 is 5.97 Å². The van der Waals surface area contributed by atoms with E-state index in [0.29, 0.717) is 0 Å². The number of piperazine rings is 1. The molecule has 1 heterocycles. The van der Waals surface area contributed by atoms with Gasteiger partial charge in [0.1, 0.15) is 11.6 Å². The van der Waals surface area contributed by atoms with E-state index in [1.807, 2.05) is 18.2 Å². The number of rotatable bonds is 7. The summed E-state index contributed by atoms with van der Waals surface area (Å²) in [6.45, 7) is 3.86. The highest BCUT2D eigenvalue weighted by Crippen LogP contribution is 2.26. The Morgan fingerprint density at radius 2 is 1.68 bits per heavy atom. The van der Waals surface area contributed by atoms with Crippen molar-refractivity contribution in [3.8, 4) is 5.75 Å². The molecule has 0 unspecified atom stereocenters. The van der Waals surface area contributed by atoms with E-state index in [0.717, 1.165) is 49.7 Å². The quantitative estimate of drug-likeness (QED) is 0.549. The smallest absolute Gasteiger partial charge is 0.337 e. The predicted octanol–water partition coefficient (Wildman–Crippen LogP) is 4.11. The second-order valence-corrected chi connectivity index (χ2v) is 8.04. The molecule has 0 aromatic heterocycles. The van der Waals surface area contributed by atoms with Gasteiger partial charge in [0.25, 0.3) is 5.91 Å². The van der Waals surface area contributed by atoms with Gasteiger partial charge in [0.05, 0.1) is 23.9 Å². The Morgan fingerprint density at radius 3 is 2.38 bits per heavy atom. The monoisotopic (exact) mass is 463 g/mol. The number of amides is 1. The van der Waals surface area contributed by atoms with Crippen molar-refractivity contribution in [1.29, 1.82) is 0 Å². The Labute approximate surface area is 197 Å². The van der Waals surface area contributed by atoms with E-state index in [2.05, 4.69) is 21.2 Å². The van der Waals surface area contributed by atoms with E-state index in [-0.39, 0.29) is 16.8 Å². The van der Waals surface area contributed by atoms with Crippen LogP contribution in [0.2, 0.25) is 0 Å². The minimum atomic E-state index is -1.17. The highest BCUT2D eigenvalue weighted by atomic mass is 19.1. The van der Waals surface area contributed by atoms with Gasteiger partial charge < -0.3 is 20.1 Å². The lowest BCUT2D eigenvalue weighted by Crippen LogP contribution is -2.46. The minimum absolute atomic E-state index is 0.0429. The molecule has 3 aromatic rings. The maximum atomic E-state index is 13.9. The maximum Gasteiger partial charge on any atom is 0.337 e. The van der Waals surface area contributed by atoms with Gasteiger partial charge in [-0.05, 0) is 36.4 Å². The third-order valence-corrected chi connectivity index (χ3v) is 5.92. The van der Waals surface area contributed by atoms with Crippen LogP contribution in [-0.2, 0) is 6.54 Å². The molecule has 1 aliphatic rings. The van der Waals surface area contributed by atoms with Crippen LogP contribution >= 0.6 is 0 Å². The third-order valence-electron chi connectivity index (χ3n) is 5.92. The van der Waals surface area contributed by atoms with Crippen LogP contribution in [0.3, 0.4) is 0 Å².